The van der Waals surface area contributed by atoms with Gasteiger partial charge in [-0.3, -0.25) is 4.79 Å². The zero-order valence-electron chi connectivity index (χ0n) is 10.3. The number of amides is 1. The van der Waals surface area contributed by atoms with Gasteiger partial charge in [0.1, 0.15) is 4.88 Å². The zero-order valence-corrected chi connectivity index (χ0v) is 11.1. The van der Waals surface area contributed by atoms with Gasteiger partial charge in [-0.1, -0.05) is 16.6 Å². The van der Waals surface area contributed by atoms with Gasteiger partial charge in [0.15, 0.2) is 0 Å². The molecule has 1 aromatic carbocycles. The van der Waals surface area contributed by atoms with E-state index in [-0.39, 0.29) is 5.91 Å². The zero-order chi connectivity index (χ0) is 13.0. The average Bonchev–Trinajstić information content (AvgIpc) is 2.81. The molecule has 0 radical (unpaired) electrons. The minimum Gasteiger partial charge on any atom is -0.321 e. The second kappa shape index (κ2) is 5.70. The molecule has 1 amide bonds. The van der Waals surface area contributed by atoms with Crippen LogP contribution >= 0.6 is 11.5 Å². The number of nitrogens with zero attached hydrogens (tertiary/aromatic N) is 3. The minimum atomic E-state index is -0.174. The molecule has 0 aliphatic heterocycles. The molecule has 0 fully saturated rings. The molecule has 0 aliphatic carbocycles. The van der Waals surface area contributed by atoms with Crippen molar-refractivity contribution in [1.29, 1.82) is 0 Å². The van der Waals surface area contributed by atoms with E-state index in [0.717, 1.165) is 29.3 Å². The normalized spacial score (nSPS) is 10.6. The fourth-order valence-corrected chi connectivity index (χ4v) is 1.98. The maximum absolute atomic E-state index is 11.8. The maximum atomic E-state index is 11.8. The van der Waals surface area contributed by atoms with Gasteiger partial charge in [-0.25, -0.2) is 0 Å². The highest BCUT2D eigenvalue weighted by atomic mass is 32.1. The van der Waals surface area contributed by atoms with E-state index in [4.69, 9.17) is 0 Å². The van der Waals surface area contributed by atoms with Gasteiger partial charge < -0.3 is 10.2 Å². The smallest absolute Gasteiger partial charge is 0.269 e. The van der Waals surface area contributed by atoms with Crippen LogP contribution in [0.5, 0.6) is 0 Å². The molecule has 1 aromatic heterocycles. The van der Waals surface area contributed by atoms with Crippen LogP contribution in [0.15, 0.2) is 30.5 Å². The monoisotopic (exact) mass is 262 g/mol. The van der Waals surface area contributed by atoms with Crippen molar-refractivity contribution in [2.75, 3.05) is 19.4 Å². The Kier molecular flexibility index (Phi) is 4.01. The third-order valence-corrected chi connectivity index (χ3v) is 2.93. The third-order valence-electron chi connectivity index (χ3n) is 2.27. The average molecular weight is 262 g/mol. The van der Waals surface area contributed by atoms with Gasteiger partial charge in [0.25, 0.3) is 5.91 Å². The van der Waals surface area contributed by atoms with Crippen LogP contribution in [-0.2, 0) is 6.54 Å². The summed E-state index contributed by atoms with van der Waals surface area (Å²) in [5.74, 6) is -0.174. The number of benzene rings is 1. The Morgan fingerprint density at radius 2 is 2.28 bits per heavy atom. The van der Waals surface area contributed by atoms with Crippen molar-refractivity contribution in [2.24, 2.45) is 0 Å². The number of hydrogen-bond donors (Lipinski definition) is 1. The molecular formula is C12H14N4OS. The van der Waals surface area contributed by atoms with Crippen LogP contribution in [0.1, 0.15) is 15.2 Å². The van der Waals surface area contributed by atoms with Crippen LogP contribution in [0, 0.1) is 0 Å². The first-order chi connectivity index (χ1) is 8.65. The Balaban J connectivity index is 2.07. The van der Waals surface area contributed by atoms with Crippen molar-refractivity contribution in [1.82, 2.24) is 14.5 Å². The molecule has 0 aliphatic rings. The highest BCUT2D eigenvalue weighted by molar-refractivity contribution is 7.07. The van der Waals surface area contributed by atoms with Crippen molar-refractivity contribution in [2.45, 2.75) is 6.54 Å². The molecule has 0 saturated heterocycles. The van der Waals surface area contributed by atoms with Gasteiger partial charge in [-0.05, 0) is 43.3 Å². The van der Waals surface area contributed by atoms with Crippen molar-refractivity contribution in [3.8, 4) is 0 Å². The van der Waals surface area contributed by atoms with E-state index in [2.05, 4.69) is 19.8 Å². The summed E-state index contributed by atoms with van der Waals surface area (Å²) >= 11 is 1.08. The predicted molar refractivity (Wildman–Crippen MR) is 71.7 cm³/mol. The van der Waals surface area contributed by atoms with Gasteiger partial charge in [-0.15, -0.1) is 5.10 Å². The fourth-order valence-electron chi connectivity index (χ4n) is 1.57. The molecule has 2 rings (SSSR count). The van der Waals surface area contributed by atoms with Crippen molar-refractivity contribution in [3.05, 3.63) is 40.9 Å². The molecule has 94 valence electrons. The van der Waals surface area contributed by atoms with Crippen molar-refractivity contribution < 1.29 is 4.79 Å². The van der Waals surface area contributed by atoms with E-state index in [1.54, 1.807) is 0 Å². The highest BCUT2D eigenvalue weighted by Gasteiger charge is 2.08. The summed E-state index contributed by atoms with van der Waals surface area (Å²) in [7, 11) is 4.02. The summed E-state index contributed by atoms with van der Waals surface area (Å²) in [5, 5.41) is 6.47. The quantitative estimate of drug-likeness (QED) is 0.913. The first kappa shape index (κ1) is 12.7. The summed E-state index contributed by atoms with van der Waals surface area (Å²) < 4.78 is 3.67. The Morgan fingerprint density at radius 3 is 2.94 bits per heavy atom. The largest absolute Gasteiger partial charge is 0.321 e. The van der Waals surface area contributed by atoms with E-state index in [0.29, 0.717) is 4.88 Å². The molecule has 0 unspecified atom stereocenters. The number of rotatable bonds is 4. The topological polar surface area (TPSA) is 58.1 Å². The second-order valence-electron chi connectivity index (χ2n) is 4.17. The molecule has 18 heavy (non-hydrogen) atoms. The van der Waals surface area contributed by atoms with Crippen LogP contribution in [0.3, 0.4) is 0 Å². The van der Waals surface area contributed by atoms with Crippen LogP contribution in [0.2, 0.25) is 0 Å². The summed E-state index contributed by atoms with van der Waals surface area (Å²) in [5.41, 5.74) is 1.94. The van der Waals surface area contributed by atoms with Crippen LogP contribution in [0.4, 0.5) is 5.69 Å². The fraction of sp³-hybridized carbons (Fsp3) is 0.250. The Hall–Kier alpha value is -1.79. The Labute approximate surface area is 110 Å². The molecule has 5 nitrogen and oxygen atoms in total. The predicted octanol–water partition coefficient (Wildman–Crippen LogP) is 1.85. The van der Waals surface area contributed by atoms with Gasteiger partial charge in [-0.2, -0.15) is 0 Å². The Bertz CT molecular complexity index is 525. The molecule has 1 N–H and O–H groups in total. The number of hydrogen-bond acceptors (Lipinski definition) is 5. The summed E-state index contributed by atoms with van der Waals surface area (Å²) in [6.45, 7) is 0.839. The molecule has 0 atom stereocenters. The van der Waals surface area contributed by atoms with Crippen molar-refractivity contribution >= 4 is 23.1 Å². The Morgan fingerprint density at radius 1 is 1.44 bits per heavy atom. The van der Waals surface area contributed by atoms with Gasteiger partial charge in [0.2, 0.25) is 0 Å². The SMILES string of the molecule is CN(C)Cc1cccc(NC(=O)c2cnns2)c1. The summed E-state index contributed by atoms with van der Waals surface area (Å²) in [6, 6.07) is 7.79. The number of anilines is 1. The van der Waals surface area contributed by atoms with Crippen molar-refractivity contribution in [3.63, 3.8) is 0 Å². The van der Waals surface area contributed by atoms with Gasteiger partial charge in [0.05, 0.1) is 6.20 Å². The highest BCUT2D eigenvalue weighted by Crippen LogP contribution is 2.14. The van der Waals surface area contributed by atoms with E-state index >= 15 is 0 Å². The number of aromatic nitrogens is 2. The molecule has 1 heterocycles. The van der Waals surface area contributed by atoms with E-state index in [1.165, 1.54) is 6.20 Å². The molecule has 0 spiro atoms. The lowest BCUT2D eigenvalue weighted by molar-refractivity contribution is 0.103. The van der Waals surface area contributed by atoms with Gasteiger partial charge >= 0.3 is 0 Å². The van der Waals surface area contributed by atoms with Gasteiger partial charge in [0, 0.05) is 12.2 Å². The van der Waals surface area contributed by atoms with Crippen LogP contribution < -0.4 is 5.32 Å². The van der Waals surface area contributed by atoms with Crippen LogP contribution in [0.25, 0.3) is 0 Å². The lowest BCUT2D eigenvalue weighted by atomic mass is 10.2. The second-order valence-corrected chi connectivity index (χ2v) is 4.96. The molecule has 2 aromatic rings. The lowest BCUT2D eigenvalue weighted by Crippen LogP contribution is -2.12. The number of carbonyl (C=O) groups excluding carboxylic acids is 1. The van der Waals surface area contributed by atoms with E-state index in [1.807, 2.05) is 38.4 Å². The number of carbonyl (C=O) groups is 1. The van der Waals surface area contributed by atoms with E-state index < -0.39 is 0 Å². The maximum Gasteiger partial charge on any atom is 0.269 e. The first-order valence-electron chi connectivity index (χ1n) is 5.47. The third kappa shape index (κ3) is 3.35. The molecular weight excluding hydrogens is 248 g/mol. The minimum absolute atomic E-state index is 0.174. The molecule has 0 bridgehead atoms. The molecule has 0 saturated carbocycles. The van der Waals surface area contributed by atoms with Crippen LogP contribution in [-0.4, -0.2) is 34.5 Å². The standard InChI is InChI=1S/C12H14N4OS/c1-16(2)8-9-4-3-5-10(6-9)14-12(17)11-7-13-15-18-11/h3-7H,8H2,1-2H3,(H,14,17). The lowest BCUT2D eigenvalue weighted by Gasteiger charge is -2.11. The summed E-state index contributed by atoms with van der Waals surface area (Å²) in [4.78, 5) is 14.4. The molecule has 6 heteroatoms. The summed E-state index contributed by atoms with van der Waals surface area (Å²) in [6.07, 6.45) is 1.46. The van der Waals surface area contributed by atoms with E-state index in [9.17, 15) is 4.79 Å². The first-order valence-corrected chi connectivity index (χ1v) is 6.25. The number of nitrogens with one attached hydrogen (secondary N) is 1.